The van der Waals surface area contributed by atoms with Crippen molar-refractivity contribution in [2.45, 2.75) is 44.9 Å². The predicted octanol–water partition coefficient (Wildman–Crippen LogP) is 1.34. The van der Waals surface area contributed by atoms with Crippen LogP contribution in [0.15, 0.2) is 18.6 Å². The first-order valence-corrected chi connectivity index (χ1v) is 8.68. The number of nitrogen functional groups attached to an aromatic ring is 1. The van der Waals surface area contributed by atoms with Crippen LogP contribution in [0.1, 0.15) is 36.6 Å². The molecule has 0 radical (unpaired) electrons. The van der Waals surface area contributed by atoms with Crippen LogP contribution in [0.25, 0.3) is 0 Å². The van der Waals surface area contributed by atoms with Gasteiger partial charge in [-0.1, -0.05) is 0 Å². The monoisotopic (exact) mass is 328 g/mol. The SMILES string of the molecule is CCn1cc(CN2CCC3(CC2)OCCc2cnc(N)nc23)cn1. The fraction of sp³-hybridized carbons (Fsp3) is 0.588. The Balaban J connectivity index is 1.47. The largest absolute Gasteiger partial charge is 0.368 e. The van der Waals surface area contributed by atoms with E-state index in [0.29, 0.717) is 5.95 Å². The summed E-state index contributed by atoms with van der Waals surface area (Å²) in [5.41, 5.74) is 9.01. The Morgan fingerprint density at radius 1 is 1.29 bits per heavy atom. The Kier molecular flexibility index (Phi) is 3.97. The topological polar surface area (TPSA) is 82.1 Å². The number of hydrogen-bond donors (Lipinski definition) is 1. The summed E-state index contributed by atoms with van der Waals surface area (Å²) in [6.07, 6.45) is 8.72. The molecule has 1 saturated heterocycles. The van der Waals surface area contributed by atoms with Crippen LogP contribution >= 0.6 is 0 Å². The fourth-order valence-electron chi connectivity index (χ4n) is 3.80. The third kappa shape index (κ3) is 2.78. The van der Waals surface area contributed by atoms with Crippen molar-refractivity contribution in [3.8, 4) is 0 Å². The molecule has 2 aliphatic rings. The van der Waals surface area contributed by atoms with Crippen LogP contribution in [0.3, 0.4) is 0 Å². The Morgan fingerprint density at radius 3 is 2.88 bits per heavy atom. The molecule has 1 spiro atoms. The maximum atomic E-state index is 6.22. The van der Waals surface area contributed by atoms with Gasteiger partial charge in [0.15, 0.2) is 0 Å². The van der Waals surface area contributed by atoms with E-state index >= 15 is 0 Å². The van der Waals surface area contributed by atoms with Gasteiger partial charge in [0.2, 0.25) is 5.95 Å². The molecule has 2 aliphatic heterocycles. The van der Waals surface area contributed by atoms with Crippen LogP contribution < -0.4 is 5.73 Å². The zero-order valence-corrected chi connectivity index (χ0v) is 14.1. The number of nitrogens with two attached hydrogens (primary N) is 1. The number of nitrogens with zero attached hydrogens (tertiary/aromatic N) is 5. The average molecular weight is 328 g/mol. The third-order valence-corrected chi connectivity index (χ3v) is 5.15. The Morgan fingerprint density at radius 2 is 2.12 bits per heavy atom. The highest BCUT2D eigenvalue weighted by Gasteiger charge is 2.42. The van der Waals surface area contributed by atoms with Crippen molar-refractivity contribution in [2.75, 3.05) is 25.4 Å². The molecule has 0 aromatic carbocycles. The molecule has 4 rings (SSSR count). The second-order valence-electron chi connectivity index (χ2n) is 6.68. The quantitative estimate of drug-likeness (QED) is 0.915. The molecule has 2 aromatic heterocycles. The fourth-order valence-corrected chi connectivity index (χ4v) is 3.80. The van der Waals surface area contributed by atoms with Gasteiger partial charge in [-0.3, -0.25) is 9.58 Å². The summed E-state index contributed by atoms with van der Waals surface area (Å²) in [7, 11) is 0. The summed E-state index contributed by atoms with van der Waals surface area (Å²) in [5.74, 6) is 0.341. The van der Waals surface area contributed by atoms with Gasteiger partial charge in [0.05, 0.1) is 18.5 Å². The number of ether oxygens (including phenoxy) is 1. The lowest BCUT2D eigenvalue weighted by atomic mass is 9.83. The number of hydrogen-bond acceptors (Lipinski definition) is 6. The lowest BCUT2D eigenvalue weighted by Gasteiger charge is -2.44. The van der Waals surface area contributed by atoms with Gasteiger partial charge in [-0.25, -0.2) is 9.97 Å². The summed E-state index contributed by atoms with van der Waals surface area (Å²) in [6, 6.07) is 0. The van der Waals surface area contributed by atoms with E-state index < -0.39 is 0 Å². The van der Waals surface area contributed by atoms with E-state index in [9.17, 15) is 0 Å². The molecule has 0 atom stereocenters. The van der Waals surface area contributed by atoms with Crippen molar-refractivity contribution in [3.05, 3.63) is 35.4 Å². The van der Waals surface area contributed by atoms with E-state index in [2.05, 4.69) is 33.1 Å². The van der Waals surface area contributed by atoms with Crippen molar-refractivity contribution < 1.29 is 4.74 Å². The lowest BCUT2D eigenvalue weighted by Crippen LogP contribution is -2.47. The number of likely N-dealkylation sites (tertiary alicyclic amines) is 1. The maximum Gasteiger partial charge on any atom is 0.220 e. The van der Waals surface area contributed by atoms with Crippen molar-refractivity contribution in [1.29, 1.82) is 0 Å². The maximum absolute atomic E-state index is 6.22. The molecule has 0 bridgehead atoms. The number of aromatic nitrogens is 4. The highest BCUT2D eigenvalue weighted by Crippen LogP contribution is 2.40. The van der Waals surface area contributed by atoms with E-state index in [0.717, 1.165) is 57.7 Å². The summed E-state index contributed by atoms with van der Waals surface area (Å²) >= 11 is 0. The number of aryl methyl sites for hydroxylation is 1. The smallest absolute Gasteiger partial charge is 0.220 e. The minimum Gasteiger partial charge on any atom is -0.368 e. The summed E-state index contributed by atoms with van der Waals surface area (Å²) in [4.78, 5) is 11.1. The summed E-state index contributed by atoms with van der Waals surface area (Å²) in [5, 5.41) is 4.36. The first-order chi connectivity index (χ1) is 11.7. The van der Waals surface area contributed by atoms with Gasteiger partial charge < -0.3 is 10.5 Å². The van der Waals surface area contributed by atoms with Crippen molar-refractivity contribution in [2.24, 2.45) is 0 Å². The molecule has 2 N–H and O–H groups in total. The molecule has 7 heteroatoms. The average Bonchev–Trinajstić information content (AvgIpc) is 3.06. The number of rotatable bonds is 3. The molecule has 7 nitrogen and oxygen atoms in total. The molecular formula is C17H24N6O. The first-order valence-electron chi connectivity index (χ1n) is 8.68. The molecule has 4 heterocycles. The summed E-state index contributed by atoms with van der Waals surface area (Å²) in [6.45, 7) is 6.67. The Labute approximate surface area is 141 Å². The van der Waals surface area contributed by atoms with E-state index in [1.165, 1.54) is 11.1 Å². The van der Waals surface area contributed by atoms with E-state index in [1.807, 2.05) is 17.1 Å². The highest BCUT2D eigenvalue weighted by atomic mass is 16.5. The normalized spacial score (nSPS) is 20.2. The van der Waals surface area contributed by atoms with Gasteiger partial charge in [0, 0.05) is 44.1 Å². The standard InChI is InChI=1S/C17H24N6O/c1-2-23-12-13(9-20-23)11-22-6-4-17(5-7-22)15-14(3-8-24-17)10-19-16(18)21-15/h9-10,12H,2-8,11H2,1H3,(H2,18,19,21). The zero-order chi connectivity index (χ0) is 16.6. The van der Waals surface area contributed by atoms with E-state index in [-0.39, 0.29) is 5.60 Å². The molecular weight excluding hydrogens is 304 g/mol. The van der Waals surface area contributed by atoms with Crippen LogP contribution in [0, 0.1) is 0 Å². The molecule has 24 heavy (non-hydrogen) atoms. The van der Waals surface area contributed by atoms with Crippen LogP contribution in [0.2, 0.25) is 0 Å². The number of piperidine rings is 1. The molecule has 0 saturated carbocycles. The minimum atomic E-state index is -0.283. The summed E-state index contributed by atoms with van der Waals surface area (Å²) < 4.78 is 8.19. The second-order valence-corrected chi connectivity index (χ2v) is 6.68. The molecule has 0 unspecified atom stereocenters. The molecule has 0 aliphatic carbocycles. The first kappa shape index (κ1) is 15.5. The zero-order valence-electron chi connectivity index (χ0n) is 14.1. The number of fused-ring (bicyclic) bond motifs is 2. The van der Waals surface area contributed by atoms with Crippen molar-refractivity contribution in [3.63, 3.8) is 0 Å². The van der Waals surface area contributed by atoms with Gasteiger partial charge in [-0.15, -0.1) is 0 Å². The van der Waals surface area contributed by atoms with Gasteiger partial charge in [0.25, 0.3) is 0 Å². The van der Waals surface area contributed by atoms with Crippen LogP contribution in [-0.4, -0.2) is 44.3 Å². The lowest BCUT2D eigenvalue weighted by molar-refractivity contribution is -0.102. The highest BCUT2D eigenvalue weighted by molar-refractivity contribution is 5.32. The third-order valence-electron chi connectivity index (χ3n) is 5.15. The van der Waals surface area contributed by atoms with Crippen molar-refractivity contribution in [1.82, 2.24) is 24.6 Å². The van der Waals surface area contributed by atoms with Gasteiger partial charge in [-0.2, -0.15) is 5.10 Å². The van der Waals surface area contributed by atoms with Crippen LogP contribution in [0.5, 0.6) is 0 Å². The predicted molar refractivity (Wildman–Crippen MR) is 90.2 cm³/mol. The second kappa shape index (κ2) is 6.14. The van der Waals surface area contributed by atoms with Gasteiger partial charge in [-0.05, 0) is 31.7 Å². The molecule has 2 aromatic rings. The van der Waals surface area contributed by atoms with Crippen LogP contribution in [-0.2, 0) is 29.8 Å². The van der Waals surface area contributed by atoms with Crippen molar-refractivity contribution >= 4 is 5.95 Å². The molecule has 1 fully saturated rings. The minimum absolute atomic E-state index is 0.283. The molecule has 0 amide bonds. The Bertz CT molecular complexity index is 720. The van der Waals surface area contributed by atoms with E-state index in [1.54, 1.807) is 0 Å². The molecule has 128 valence electrons. The van der Waals surface area contributed by atoms with Crippen LogP contribution in [0.4, 0.5) is 5.95 Å². The van der Waals surface area contributed by atoms with Gasteiger partial charge in [0.1, 0.15) is 5.60 Å². The van der Waals surface area contributed by atoms with E-state index in [4.69, 9.17) is 10.5 Å². The number of anilines is 1. The van der Waals surface area contributed by atoms with Gasteiger partial charge >= 0.3 is 0 Å². The Hall–Kier alpha value is -1.99.